The Morgan fingerprint density at radius 3 is 2.59 bits per heavy atom. The van der Waals surface area contributed by atoms with Gasteiger partial charge in [0, 0.05) is 0 Å². The van der Waals surface area contributed by atoms with Crippen molar-refractivity contribution in [2.24, 2.45) is 0 Å². The van der Waals surface area contributed by atoms with Gasteiger partial charge in [-0.1, -0.05) is 29.8 Å². The zero-order valence-corrected chi connectivity index (χ0v) is 10.2. The van der Waals surface area contributed by atoms with Crippen LogP contribution in [0.2, 0.25) is 5.02 Å². The number of aryl methyl sites for hydroxylation is 1. The van der Waals surface area contributed by atoms with E-state index < -0.39 is 0 Å². The third-order valence-electron chi connectivity index (χ3n) is 2.55. The third-order valence-corrected chi connectivity index (χ3v) is 2.86. The number of hydrogen-bond donors (Lipinski definition) is 1. The second kappa shape index (κ2) is 5.21. The van der Waals surface area contributed by atoms with E-state index in [0.717, 1.165) is 11.1 Å². The predicted molar refractivity (Wildman–Crippen MR) is 68.6 cm³/mol. The third kappa shape index (κ3) is 2.78. The van der Waals surface area contributed by atoms with Gasteiger partial charge in [-0.2, -0.15) is 0 Å². The zero-order chi connectivity index (χ0) is 12.3. The maximum absolute atomic E-state index is 9.08. The lowest BCUT2D eigenvalue weighted by molar-refractivity contribution is 0.281. The number of rotatable bonds is 3. The number of halogens is 1. The van der Waals surface area contributed by atoms with Crippen molar-refractivity contribution in [2.45, 2.75) is 13.5 Å². The van der Waals surface area contributed by atoms with Crippen LogP contribution in [0.5, 0.6) is 11.5 Å². The lowest BCUT2D eigenvalue weighted by atomic mass is 10.1. The highest BCUT2D eigenvalue weighted by Gasteiger charge is 2.04. The Kier molecular flexibility index (Phi) is 3.67. The molecule has 0 spiro atoms. The van der Waals surface area contributed by atoms with Gasteiger partial charge in [-0.15, -0.1) is 0 Å². The van der Waals surface area contributed by atoms with Gasteiger partial charge in [-0.3, -0.25) is 0 Å². The van der Waals surface area contributed by atoms with Crippen molar-refractivity contribution in [3.05, 3.63) is 58.6 Å². The summed E-state index contributed by atoms with van der Waals surface area (Å²) in [6.45, 7) is 1.98. The molecule has 0 bridgehead atoms. The molecule has 0 radical (unpaired) electrons. The first-order valence-corrected chi connectivity index (χ1v) is 5.71. The predicted octanol–water partition coefficient (Wildman–Crippen LogP) is 3.93. The van der Waals surface area contributed by atoms with E-state index in [4.69, 9.17) is 21.4 Å². The number of para-hydroxylation sites is 1. The largest absolute Gasteiger partial charge is 0.456 e. The molecule has 2 aromatic rings. The maximum atomic E-state index is 9.08. The highest BCUT2D eigenvalue weighted by atomic mass is 35.5. The van der Waals surface area contributed by atoms with E-state index in [-0.39, 0.29) is 6.61 Å². The zero-order valence-electron chi connectivity index (χ0n) is 9.48. The molecule has 0 aromatic heterocycles. The fraction of sp³-hybridized carbons (Fsp3) is 0.143. The molecule has 0 heterocycles. The molecule has 0 amide bonds. The molecule has 2 aromatic carbocycles. The molecule has 0 aliphatic carbocycles. The number of ether oxygens (including phenoxy) is 1. The second-order valence-electron chi connectivity index (χ2n) is 3.78. The fourth-order valence-corrected chi connectivity index (χ4v) is 1.74. The minimum absolute atomic E-state index is 0.0399. The van der Waals surface area contributed by atoms with Crippen molar-refractivity contribution >= 4 is 11.6 Å². The molecule has 0 atom stereocenters. The summed E-state index contributed by atoms with van der Waals surface area (Å²) in [6.07, 6.45) is 0. The van der Waals surface area contributed by atoms with Crippen LogP contribution < -0.4 is 4.74 Å². The molecule has 88 valence electrons. The van der Waals surface area contributed by atoms with E-state index in [0.29, 0.717) is 16.5 Å². The molecule has 3 heteroatoms. The summed E-state index contributed by atoms with van der Waals surface area (Å²) in [5.74, 6) is 1.35. The van der Waals surface area contributed by atoms with Gasteiger partial charge in [0.1, 0.15) is 11.5 Å². The lowest BCUT2D eigenvalue weighted by Gasteiger charge is -2.09. The molecule has 1 N–H and O–H groups in total. The Balaban J connectivity index is 2.25. The van der Waals surface area contributed by atoms with E-state index in [9.17, 15) is 0 Å². The van der Waals surface area contributed by atoms with Gasteiger partial charge >= 0.3 is 0 Å². The van der Waals surface area contributed by atoms with Crippen LogP contribution in [0.4, 0.5) is 0 Å². The van der Waals surface area contributed by atoms with Crippen molar-refractivity contribution in [3.8, 4) is 11.5 Å². The first-order chi connectivity index (χ1) is 8.20. The standard InChI is InChI=1S/C14H13ClO2/c1-10-8-12(7-6-11(10)9-16)17-14-5-3-2-4-13(14)15/h2-8,16H,9H2,1H3. The van der Waals surface area contributed by atoms with Gasteiger partial charge in [-0.05, 0) is 42.3 Å². The van der Waals surface area contributed by atoms with E-state index in [2.05, 4.69) is 0 Å². The van der Waals surface area contributed by atoms with Crippen LogP contribution in [0.15, 0.2) is 42.5 Å². The van der Waals surface area contributed by atoms with E-state index in [1.54, 1.807) is 6.07 Å². The van der Waals surface area contributed by atoms with Crippen LogP contribution in [0.3, 0.4) is 0 Å². The average Bonchev–Trinajstić information content (AvgIpc) is 2.32. The van der Waals surface area contributed by atoms with Crippen LogP contribution in [-0.4, -0.2) is 5.11 Å². The quantitative estimate of drug-likeness (QED) is 0.892. The Labute approximate surface area is 105 Å². The van der Waals surface area contributed by atoms with Gasteiger partial charge in [0.25, 0.3) is 0 Å². The van der Waals surface area contributed by atoms with Crippen LogP contribution in [0, 0.1) is 6.92 Å². The number of aliphatic hydroxyl groups is 1. The topological polar surface area (TPSA) is 29.5 Å². The molecule has 2 rings (SSSR count). The first kappa shape index (κ1) is 12.0. The van der Waals surface area contributed by atoms with Crippen molar-refractivity contribution in [3.63, 3.8) is 0 Å². The molecule has 0 unspecified atom stereocenters. The van der Waals surface area contributed by atoms with Gasteiger partial charge < -0.3 is 9.84 Å². The van der Waals surface area contributed by atoms with Gasteiger partial charge in [-0.25, -0.2) is 0 Å². The molecule has 0 fully saturated rings. The minimum Gasteiger partial charge on any atom is -0.456 e. The average molecular weight is 249 g/mol. The number of aliphatic hydroxyl groups excluding tert-OH is 1. The highest BCUT2D eigenvalue weighted by molar-refractivity contribution is 6.32. The lowest BCUT2D eigenvalue weighted by Crippen LogP contribution is -1.90. The molecular weight excluding hydrogens is 236 g/mol. The van der Waals surface area contributed by atoms with Gasteiger partial charge in [0.15, 0.2) is 0 Å². The van der Waals surface area contributed by atoms with E-state index in [1.807, 2.05) is 43.3 Å². The Morgan fingerprint density at radius 2 is 1.94 bits per heavy atom. The summed E-state index contributed by atoms with van der Waals surface area (Å²) in [5, 5.41) is 9.66. The summed E-state index contributed by atoms with van der Waals surface area (Å²) in [7, 11) is 0. The summed E-state index contributed by atoms with van der Waals surface area (Å²) in [5.41, 5.74) is 1.90. The van der Waals surface area contributed by atoms with Crippen LogP contribution in [0.1, 0.15) is 11.1 Å². The van der Waals surface area contributed by atoms with Crippen molar-refractivity contribution in [1.82, 2.24) is 0 Å². The second-order valence-corrected chi connectivity index (χ2v) is 4.19. The molecular formula is C14H13ClO2. The minimum atomic E-state index is 0.0399. The number of benzene rings is 2. The molecule has 0 saturated carbocycles. The summed E-state index contributed by atoms with van der Waals surface area (Å²) >= 11 is 6.01. The van der Waals surface area contributed by atoms with Gasteiger partial charge in [0.05, 0.1) is 11.6 Å². The van der Waals surface area contributed by atoms with Crippen LogP contribution >= 0.6 is 11.6 Å². The van der Waals surface area contributed by atoms with E-state index >= 15 is 0 Å². The van der Waals surface area contributed by atoms with Crippen molar-refractivity contribution < 1.29 is 9.84 Å². The number of hydrogen-bond acceptors (Lipinski definition) is 2. The van der Waals surface area contributed by atoms with E-state index in [1.165, 1.54) is 0 Å². The molecule has 0 saturated heterocycles. The highest BCUT2D eigenvalue weighted by Crippen LogP contribution is 2.29. The van der Waals surface area contributed by atoms with Crippen molar-refractivity contribution in [2.75, 3.05) is 0 Å². The maximum Gasteiger partial charge on any atom is 0.146 e. The monoisotopic (exact) mass is 248 g/mol. The van der Waals surface area contributed by atoms with Crippen molar-refractivity contribution in [1.29, 1.82) is 0 Å². The normalized spacial score (nSPS) is 10.3. The Morgan fingerprint density at radius 1 is 1.18 bits per heavy atom. The van der Waals surface area contributed by atoms with Gasteiger partial charge in [0.2, 0.25) is 0 Å². The summed E-state index contributed by atoms with van der Waals surface area (Å²) in [4.78, 5) is 0. The van der Waals surface area contributed by atoms with Crippen LogP contribution in [0.25, 0.3) is 0 Å². The first-order valence-electron chi connectivity index (χ1n) is 5.33. The molecule has 2 nitrogen and oxygen atoms in total. The van der Waals surface area contributed by atoms with Crippen LogP contribution in [-0.2, 0) is 6.61 Å². The summed E-state index contributed by atoms with van der Waals surface area (Å²) < 4.78 is 5.68. The smallest absolute Gasteiger partial charge is 0.146 e. The SMILES string of the molecule is Cc1cc(Oc2ccccc2Cl)ccc1CO. The fourth-order valence-electron chi connectivity index (χ4n) is 1.56. The Hall–Kier alpha value is -1.51. The molecule has 17 heavy (non-hydrogen) atoms. The summed E-state index contributed by atoms with van der Waals surface area (Å²) in [6, 6.07) is 12.9. The molecule has 0 aliphatic rings. The molecule has 0 aliphatic heterocycles. The Bertz CT molecular complexity index is 523.